The zero-order valence-electron chi connectivity index (χ0n) is 12.3. The van der Waals surface area contributed by atoms with Crippen LogP contribution < -0.4 is 4.72 Å². The third-order valence-electron chi connectivity index (χ3n) is 4.16. The largest absolute Gasteiger partial charge is 0.341 e. The highest BCUT2D eigenvalue weighted by Crippen LogP contribution is 2.17. The molecule has 116 valence electrons. The Morgan fingerprint density at radius 2 is 1.85 bits per heavy atom. The standard InChI is InChI=1S/C13H25N3O3S/c1-11(13(17)15-7-3-4-8-15)16-9-5-6-12(10-16)14-20(2,18)19/h11-12,14H,3-10H2,1-2H3/t11-,12-/m1/s1. The number of hydrogen-bond acceptors (Lipinski definition) is 4. The number of amides is 1. The summed E-state index contributed by atoms with van der Waals surface area (Å²) in [6, 6.07) is -0.232. The van der Waals surface area contributed by atoms with Gasteiger partial charge in [-0.3, -0.25) is 9.69 Å². The highest BCUT2D eigenvalue weighted by molar-refractivity contribution is 7.88. The van der Waals surface area contributed by atoms with E-state index in [0.717, 1.165) is 45.3 Å². The lowest BCUT2D eigenvalue weighted by molar-refractivity contribution is -0.135. The third-order valence-corrected chi connectivity index (χ3v) is 4.92. The fourth-order valence-corrected chi connectivity index (χ4v) is 3.91. The maximum absolute atomic E-state index is 12.4. The van der Waals surface area contributed by atoms with Crippen molar-refractivity contribution in [1.82, 2.24) is 14.5 Å². The van der Waals surface area contributed by atoms with Gasteiger partial charge in [-0.2, -0.15) is 0 Å². The second-order valence-electron chi connectivity index (χ2n) is 5.93. The Morgan fingerprint density at radius 3 is 2.45 bits per heavy atom. The van der Waals surface area contributed by atoms with Crippen LogP contribution >= 0.6 is 0 Å². The van der Waals surface area contributed by atoms with E-state index in [0.29, 0.717) is 6.54 Å². The van der Waals surface area contributed by atoms with Crippen molar-refractivity contribution >= 4 is 15.9 Å². The monoisotopic (exact) mass is 303 g/mol. The topological polar surface area (TPSA) is 69.7 Å². The molecule has 0 bridgehead atoms. The van der Waals surface area contributed by atoms with Gasteiger partial charge < -0.3 is 4.90 Å². The molecule has 0 aromatic carbocycles. The molecular weight excluding hydrogens is 278 g/mol. The first-order valence-electron chi connectivity index (χ1n) is 7.37. The van der Waals surface area contributed by atoms with E-state index in [4.69, 9.17) is 0 Å². The molecule has 2 fully saturated rings. The molecule has 0 aromatic rings. The Balaban J connectivity index is 1.92. The molecule has 0 unspecified atom stereocenters. The van der Waals surface area contributed by atoms with Gasteiger partial charge in [-0.1, -0.05) is 0 Å². The van der Waals surface area contributed by atoms with Gasteiger partial charge in [0.2, 0.25) is 15.9 Å². The predicted molar refractivity (Wildman–Crippen MR) is 77.9 cm³/mol. The summed E-state index contributed by atoms with van der Waals surface area (Å²) in [5.74, 6) is 0.183. The van der Waals surface area contributed by atoms with Crippen LogP contribution in [-0.2, 0) is 14.8 Å². The summed E-state index contributed by atoms with van der Waals surface area (Å²) in [4.78, 5) is 16.4. The molecule has 2 saturated heterocycles. The van der Waals surface area contributed by atoms with Crippen LogP contribution in [0.4, 0.5) is 0 Å². The third kappa shape index (κ3) is 4.17. The number of carbonyl (C=O) groups is 1. The minimum absolute atomic E-state index is 0.0763. The van der Waals surface area contributed by atoms with Gasteiger partial charge in [0.05, 0.1) is 12.3 Å². The number of nitrogens with one attached hydrogen (secondary N) is 1. The minimum atomic E-state index is -3.18. The summed E-state index contributed by atoms with van der Waals surface area (Å²) in [5.41, 5.74) is 0. The Morgan fingerprint density at radius 1 is 1.20 bits per heavy atom. The number of likely N-dealkylation sites (tertiary alicyclic amines) is 2. The van der Waals surface area contributed by atoms with Crippen LogP contribution in [-0.4, -0.2) is 68.6 Å². The van der Waals surface area contributed by atoms with Gasteiger partial charge in [-0.25, -0.2) is 13.1 Å². The molecule has 1 amide bonds. The van der Waals surface area contributed by atoms with Crippen molar-refractivity contribution in [1.29, 1.82) is 0 Å². The van der Waals surface area contributed by atoms with Crippen molar-refractivity contribution in [3.05, 3.63) is 0 Å². The van der Waals surface area contributed by atoms with E-state index in [2.05, 4.69) is 9.62 Å². The van der Waals surface area contributed by atoms with Crippen LogP contribution in [0.3, 0.4) is 0 Å². The van der Waals surface area contributed by atoms with Crippen molar-refractivity contribution in [2.75, 3.05) is 32.4 Å². The molecule has 0 saturated carbocycles. The Kier molecular flexibility index (Phi) is 5.04. The van der Waals surface area contributed by atoms with E-state index in [-0.39, 0.29) is 18.0 Å². The molecule has 2 aliphatic rings. The fourth-order valence-electron chi connectivity index (χ4n) is 3.12. The predicted octanol–water partition coefficient (Wildman–Crippen LogP) is 0.0109. The summed E-state index contributed by atoms with van der Waals surface area (Å²) in [7, 11) is -3.18. The summed E-state index contributed by atoms with van der Waals surface area (Å²) in [6.07, 6.45) is 5.14. The molecule has 2 atom stereocenters. The van der Waals surface area contributed by atoms with Crippen LogP contribution in [0, 0.1) is 0 Å². The molecule has 2 rings (SSSR count). The number of hydrogen-bond donors (Lipinski definition) is 1. The molecule has 20 heavy (non-hydrogen) atoms. The van der Waals surface area contributed by atoms with Gasteiger partial charge in [-0.05, 0) is 39.2 Å². The first-order chi connectivity index (χ1) is 9.37. The van der Waals surface area contributed by atoms with E-state index in [1.807, 2.05) is 11.8 Å². The first kappa shape index (κ1) is 15.7. The van der Waals surface area contributed by atoms with Crippen LogP contribution in [0.5, 0.6) is 0 Å². The molecule has 0 radical (unpaired) electrons. The Hall–Kier alpha value is -0.660. The summed E-state index contributed by atoms with van der Waals surface area (Å²) in [5, 5.41) is 0. The molecule has 0 aromatic heterocycles. The van der Waals surface area contributed by atoms with Crippen molar-refractivity contribution < 1.29 is 13.2 Å². The molecule has 0 spiro atoms. The summed E-state index contributed by atoms with van der Waals surface area (Å²) < 4.78 is 25.3. The molecule has 0 aliphatic carbocycles. The lowest BCUT2D eigenvalue weighted by Crippen LogP contribution is -2.54. The smallest absolute Gasteiger partial charge is 0.239 e. The van der Waals surface area contributed by atoms with Gasteiger partial charge in [0, 0.05) is 25.7 Å². The maximum atomic E-state index is 12.4. The Labute approximate surface area is 121 Å². The molecule has 2 heterocycles. The zero-order valence-corrected chi connectivity index (χ0v) is 13.2. The Bertz CT molecular complexity index is 446. The van der Waals surface area contributed by atoms with E-state index in [1.54, 1.807) is 0 Å². The van der Waals surface area contributed by atoms with Crippen molar-refractivity contribution in [3.63, 3.8) is 0 Å². The van der Waals surface area contributed by atoms with Gasteiger partial charge in [0.25, 0.3) is 0 Å². The van der Waals surface area contributed by atoms with Gasteiger partial charge in [0.15, 0.2) is 0 Å². The maximum Gasteiger partial charge on any atom is 0.239 e. The van der Waals surface area contributed by atoms with Gasteiger partial charge in [0.1, 0.15) is 0 Å². The number of sulfonamides is 1. The highest BCUT2D eigenvalue weighted by Gasteiger charge is 2.31. The molecule has 6 nitrogen and oxygen atoms in total. The second kappa shape index (κ2) is 6.41. The van der Waals surface area contributed by atoms with Gasteiger partial charge in [-0.15, -0.1) is 0 Å². The van der Waals surface area contributed by atoms with Gasteiger partial charge >= 0.3 is 0 Å². The SMILES string of the molecule is C[C@H](C(=O)N1CCCC1)N1CCC[C@@H](NS(C)(=O)=O)C1. The zero-order chi connectivity index (χ0) is 14.8. The minimum Gasteiger partial charge on any atom is -0.341 e. The lowest BCUT2D eigenvalue weighted by atomic mass is 10.0. The molecule has 7 heteroatoms. The average Bonchev–Trinajstić information content (AvgIpc) is 2.89. The van der Waals surface area contributed by atoms with E-state index < -0.39 is 10.0 Å². The molecule has 2 aliphatic heterocycles. The summed E-state index contributed by atoms with van der Waals surface area (Å²) in [6.45, 7) is 5.14. The number of rotatable bonds is 4. The second-order valence-corrected chi connectivity index (χ2v) is 7.71. The normalized spacial score (nSPS) is 26.7. The fraction of sp³-hybridized carbons (Fsp3) is 0.923. The van der Waals surface area contributed by atoms with Crippen molar-refractivity contribution in [2.24, 2.45) is 0 Å². The van der Waals surface area contributed by atoms with Crippen LogP contribution in [0.25, 0.3) is 0 Å². The number of carbonyl (C=O) groups excluding carboxylic acids is 1. The van der Waals surface area contributed by atoms with Crippen LogP contribution in [0.2, 0.25) is 0 Å². The molecular formula is C13H25N3O3S. The number of nitrogens with zero attached hydrogens (tertiary/aromatic N) is 2. The van der Waals surface area contributed by atoms with Crippen LogP contribution in [0.15, 0.2) is 0 Å². The van der Waals surface area contributed by atoms with Crippen LogP contribution in [0.1, 0.15) is 32.6 Å². The quantitative estimate of drug-likeness (QED) is 0.794. The van der Waals surface area contributed by atoms with E-state index in [9.17, 15) is 13.2 Å². The number of piperidine rings is 1. The molecule has 1 N–H and O–H groups in total. The van der Waals surface area contributed by atoms with E-state index >= 15 is 0 Å². The first-order valence-corrected chi connectivity index (χ1v) is 9.26. The van der Waals surface area contributed by atoms with Crippen molar-refractivity contribution in [3.8, 4) is 0 Å². The van der Waals surface area contributed by atoms with Crippen molar-refractivity contribution in [2.45, 2.75) is 44.7 Å². The highest BCUT2D eigenvalue weighted by atomic mass is 32.2. The van der Waals surface area contributed by atoms with E-state index in [1.165, 1.54) is 6.26 Å². The summed E-state index contributed by atoms with van der Waals surface area (Å²) >= 11 is 0. The average molecular weight is 303 g/mol. The lowest BCUT2D eigenvalue weighted by Gasteiger charge is -2.37.